The molecule has 0 unspecified atom stereocenters. The number of rotatable bonds is 3. The third-order valence-corrected chi connectivity index (χ3v) is 5.16. The van der Waals surface area contributed by atoms with Crippen molar-refractivity contribution in [2.75, 3.05) is 26.7 Å². The summed E-state index contributed by atoms with van der Waals surface area (Å²) in [4.78, 5) is 25.8. The number of hydrogen-bond acceptors (Lipinski definition) is 3. The Morgan fingerprint density at radius 3 is 2.83 bits per heavy atom. The molecule has 2 aliphatic rings. The van der Waals surface area contributed by atoms with Crippen molar-refractivity contribution in [3.8, 4) is 0 Å². The van der Waals surface area contributed by atoms with Crippen molar-refractivity contribution in [2.24, 2.45) is 11.8 Å². The van der Waals surface area contributed by atoms with Gasteiger partial charge in [-0.25, -0.2) is 4.79 Å². The van der Waals surface area contributed by atoms with Crippen molar-refractivity contribution in [2.45, 2.75) is 25.7 Å². The Morgan fingerprint density at radius 1 is 1.35 bits per heavy atom. The Morgan fingerprint density at radius 2 is 2.13 bits per heavy atom. The van der Waals surface area contributed by atoms with Crippen molar-refractivity contribution in [1.82, 2.24) is 10.2 Å². The summed E-state index contributed by atoms with van der Waals surface area (Å²) in [6.07, 6.45) is 1.71. The number of fused-ring (bicyclic) bond motifs is 1. The predicted octanol–water partition coefficient (Wildman–Crippen LogP) is 2.17. The van der Waals surface area contributed by atoms with E-state index in [1.807, 2.05) is 17.9 Å². The molecule has 1 aliphatic carbocycles. The average molecular weight is 316 g/mol. The molecule has 23 heavy (non-hydrogen) atoms. The van der Waals surface area contributed by atoms with Crippen LogP contribution in [0.15, 0.2) is 24.3 Å². The number of esters is 1. The van der Waals surface area contributed by atoms with Crippen LogP contribution in [0.2, 0.25) is 0 Å². The van der Waals surface area contributed by atoms with E-state index in [-0.39, 0.29) is 23.8 Å². The van der Waals surface area contributed by atoms with E-state index in [0.717, 1.165) is 6.42 Å². The van der Waals surface area contributed by atoms with Crippen LogP contribution in [0.25, 0.3) is 0 Å². The standard InChI is InChI=1S/C18H24N2O3/c1-12-11-20(8-7-15(12)17(21)23-2)18(22)19-10-14-9-13-5-3-4-6-16(13)14/h3-6,12,14-15H,7-11H2,1-2H3,(H,19,22)/t12-,14+,15+/m0/s1. The minimum Gasteiger partial charge on any atom is -0.469 e. The molecule has 2 amide bonds. The summed E-state index contributed by atoms with van der Waals surface area (Å²) in [5.74, 6) is 0.303. The van der Waals surface area contributed by atoms with E-state index in [2.05, 4.69) is 23.5 Å². The smallest absolute Gasteiger partial charge is 0.317 e. The van der Waals surface area contributed by atoms with Crippen molar-refractivity contribution >= 4 is 12.0 Å². The molecular formula is C18H24N2O3. The quantitative estimate of drug-likeness (QED) is 0.870. The van der Waals surface area contributed by atoms with E-state index >= 15 is 0 Å². The SMILES string of the molecule is COC(=O)[C@@H]1CCN(C(=O)NC[C@H]2Cc3ccccc32)C[C@@H]1C. The topological polar surface area (TPSA) is 58.6 Å². The number of ether oxygens (including phenoxy) is 1. The van der Waals surface area contributed by atoms with E-state index in [9.17, 15) is 9.59 Å². The highest BCUT2D eigenvalue weighted by molar-refractivity contribution is 5.76. The van der Waals surface area contributed by atoms with Gasteiger partial charge in [0, 0.05) is 25.6 Å². The maximum atomic E-state index is 12.3. The Labute approximate surface area is 137 Å². The van der Waals surface area contributed by atoms with E-state index in [1.54, 1.807) is 0 Å². The molecule has 1 N–H and O–H groups in total. The second-order valence-electron chi connectivity index (χ2n) is 6.63. The number of carbonyl (C=O) groups is 2. The van der Waals surface area contributed by atoms with Gasteiger partial charge in [-0.05, 0) is 29.9 Å². The number of urea groups is 1. The zero-order valence-corrected chi connectivity index (χ0v) is 13.7. The van der Waals surface area contributed by atoms with Gasteiger partial charge < -0.3 is 15.0 Å². The van der Waals surface area contributed by atoms with Crippen LogP contribution in [0.4, 0.5) is 4.79 Å². The first-order valence-corrected chi connectivity index (χ1v) is 8.28. The zero-order valence-electron chi connectivity index (χ0n) is 13.7. The molecule has 1 aromatic rings. The van der Waals surface area contributed by atoms with Crippen molar-refractivity contribution in [1.29, 1.82) is 0 Å². The van der Waals surface area contributed by atoms with Crippen molar-refractivity contribution in [3.63, 3.8) is 0 Å². The van der Waals surface area contributed by atoms with Crippen molar-refractivity contribution < 1.29 is 14.3 Å². The maximum absolute atomic E-state index is 12.3. The molecule has 5 nitrogen and oxygen atoms in total. The number of nitrogens with one attached hydrogen (secondary N) is 1. The third-order valence-electron chi connectivity index (χ3n) is 5.16. The zero-order chi connectivity index (χ0) is 16.4. The Balaban J connectivity index is 1.48. The van der Waals surface area contributed by atoms with E-state index in [0.29, 0.717) is 32.0 Å². The molecule has 3 atom stereocenters. The van der Waals surface area contributed by atoms with Gasteiger partial charge in [-0.1, -0.05) is 31.2 Å². The van der Waals surface area contributed by atoms with Gasteiger partial charge in [-0.15, -0.1) is 0 Å². The second kappa shape index (κ2) is 6.60. The molecule has 124 valence electrons. The minimum atomic E-state index is -0.163. The molecule has 0 radical (unpaired) electrons. The van der Waals surface area contributed by atoms with Crippen LogP contribution in [-0.4, -0.2) is 43.6 Å². The Bertz CT molecular complexity index is 602. The highest BCUT2D eigenvalue weighted by Gasteiger charge is 2.34. The second-order valence-corrected chi connectivity index (χ2v) is 6.63. The lowest BCUT2D eigenvalue weighted by molar-refractivity contribution is -0.148. The van der Waals surface area contributed by atoms with Crippen LogP contribution in [0, 0.1) is 11.8 Å². The fourth-order valence-electron chi connectivity index (χ4n) is 3.70. The molecule has 1 fully saturated rings. The van der Waals surface area contributed by atoms with Gasteiger partial charge in [-0.3, -0.25) is 4.79 Å². The lowest BCUT2D eigenvalue weighted by atomic mass is 9.78. The van der Waals surface area contributed by atoms with Gasteiger partial charge in [0.1, 0.15) is 0 Å². The largest absolute Gasteiger partial charge is 0.469 e. The third kappa shape index (κ3) is 3.19. The van der Waals surface area contributed by atoms with Crippen LogP contribution in [0.1, 0.15) is 30.4 Å². The minimum absolute atomic E-state index is 0.0236. The average Bonchev–Trinajstić information content (AvgIpc) is 2.54. The summed E-state index contributed by atoms with van der Waals surface area (Å²) in [6.45, 7) is 3.90. The molecule has 0 spiro atoms. The summed E-state index contributed by atoms with van der Waals surface area (Å²) in [5.41, 5.74) is 2.74. The normalized spacial score (nSPS) is 26.0. The van der Waals surface area contributed by atoms with Gasteiger partial charge in [0.2, 0.25) is 0 Å². The predicted molar refractivity (Wildman–Crippen MR) is 87.1 cm³/mol. The van der Waals surface area contributed by atoms with Crippen LogP contribution in [-0.2, 0) is 16.0 Å². The number of hydrogen-bond donors (Lipinski definition) is 1. The number of likely N-dealkylation sites (tertiary alicyclic amines) is 1. The summed E-state index contributed by atoms with van der Waals surface area (Å²) in [7, 11) is 1.42. The molecule has 0 bridgehead atoms. The molecule has 1 aliphatic heterocycles. The lowest BCUT2D eigenvalue weighted by Gasteiger charge is -2.36. The van der Waals surface area contributed by atoms with Gasteiger partial charge in [0.15, 0.2) is 0 Å². The van der Waals surface area contributed by atoms with Crippen LogP contribution in [0.5, 0.6) is 0 Å². The molecular weight excluding hydrogens is 292 g/mol. The molecule has 3 rings (SSSR count). The number of benzene rings is 1. The number of methoxy groups -OCH3 is 1. The molecule has 0 saturated carbocycles. The molecule has 1 aromatic carbocycles. The number of piperidine rings is 1. The molecule has 1 saturated heterocycles. The monoisotopic (exact) mass is 316 g/mol. The first kappa shape index (κ1) is 15.8. The van der Waals surface area contributed by atoms with Crippen molar-refractivity contribution in [3.05, 3.63) is 35.4 Å². The van der Waals surface area contributed by atoms with Crippen LogP contribution in [0.3, 0.4) is 0 Å². The van der Waals surface area contributed by atoms with Crippen LogP contribution >= 0.6 is 0 Å². The lowest BCUT2D eigenvalue weighted by Crippen LogP contribution is -2.50. The first-order valence-electron chi connectivity index (χ1n) is 8.28. The van der Waals surface area contributed by atoms with Gasteiger partial charge in [-0.2, -0.15) is 0 Å². The number of nitrogens with zero attached hydrogens (tertiary/aromatic N) is 1. The van der Waals surface area contributed by atoms with E-state index < -0.39 is 0 Å². The molecule has 5 heteroatoms. The first-order chi connectivity index (χ1) is 11.1. The number of carbonyl (C=O) groups excluding carboxylic acids is 2. The number of amides is 2. The highest BCUT2D eigenvalue weighted by atomic mass is 16.5. The van der Waals surface area contributed by atoms with Gasteiger partial charge >= 0.3 is 12.0 Å². The summed E-state index contributed by atoms with van der Waals surface area (Å²) < 4.78 is 4.83. The highest BCUT2D eigenvalue weighted by Crippen LogP contribution is 2.34. The summed E-state index contributed by atoms with van der Waals surface area (Å²) >= 11 is 0. The Kier molecular flexibility index (Phi) is 4.55. The molecule has 1 heterocycles. The fourth-order valence-corrected chi connectivity index (χ4v) is 3.70. The molecule has 0 aromatic heterocycles. The Hall–Kier alpha value is -2.04. The van der Waals surface area contributed by atoms with E-state index in [1.165, 1.54) is 18.2 Å². The summed E-state index contributed by atoms with van der Waals surface area (Å²) in [5, 5.41) is 3.04. The van der Waals surface area contributed by atoms with Gasteiger partial charge in [0.05, 0.1) is 13.0 Å². The van der Waals surface area contributed by atoms with E-state index in [4.69, 9.17) is 4.74 Å². The van der Waals surface area contributed by atoms with Gasteiger partial charge in [0.25, 0.3) is 0 Å². The van der Waals surface area contributed by atoms with Crippen LogP contribution < -0.4 is 5.32 Å². The fraction of sp³-hybridized carbons (Fsp3) is 0.556. The maximum Gasteiger partial charge on any atom is 0.317 e. The summed E-state index contributed by atoms with van der Waals surface area (Å²) in [6, 6.07) is 8.36.